The van der Waals surface area contributed by atoms with E-state index in [1.807, 2.05) is 0 Å². The van der Waals surface area contributed by atoms with Gasteiger partial charge in [-0.05, 0) is 41.4 Å². The van der Waals surface area contributed by atoms with Crippen molar-refractivity contribution in [3.63, 3.8) is 0 Å². The van der Waals surface area contributed by atoms with Crippen molar-refractivity contribution in [1.82, 2.24) is 0 Å². The molecule has 0 spiro atoms. The molecule has 0 saturated heterocycles. The predicted molar refractivity (Wildman–Crippen MR) is 134 cm³/mol. The standard InChI is InChI=1S/C20H36BrClO4Si3/c1-19(2,3)29(8,9)26-17(23)13-10-11-15(22)16(14(13)12-21)20(4,5)18(24-27-6)25-28-7/h10-11,18H,12,27-28H2,1-9H3. The maximum atomic E-state index is 13.2. The van der Waals surface area contributed by atoms with Crippen molar-refractivity contribution >= 4 is 61.3 Å². The molecule has 1 rings (SSSR count). The van der Waals surface area contributed by atoms with Crippen LogP contribution < -0.4 is 0 Å². The van der Waals surface area contributed by atoms with E-state index in [0.717, 1.165) is 11.1 Å². The Morgan fingerprint density at radius 3 is 2.07 bits per heavy atom. The fourth-order valence-electron chi connectivity index (χ4n) is 2.97. The Morgan fingerprint density at radius 2 is 1.66 bits per heavy atom. The van der Waals surface area contributed by atoms with Gasteiger partial charge in [0.15, 0.2) is 19.5 Å². The summed E-state index contributed by atoms with van der Waals surface area (Å²) < 4.78 is 18.2. The minimum absolute atomic E-state index is 0.0595. The Kier molecular flexibility index (Phi) is 9.86. The van der Waals surface area contributed by atoms with Gasteiger partial charge in [0, 0.05) is 15.8 Å². The molecule has 29 heavy (non-hydrogen) atoms. The molecule has 0 saturated carbocycles. The molecule has 1 aromatic rings. The number of carbonyl (C=O) groups excluding carboxylic acids is 1. The molecular formula is C20H36BrClO4Si3. The molecule has 9 heteroatoms. The average Bonchev–Trinajstić information content (AvgIpc) is 2.59. The second-order valence-corrected chi connectivity index (χ2v) is 16.7. The summed E-state index contributed by atoms with van der Waals surface area (Å²) in [5.41, 5.74) is 1.79. The van der Waals surface area contributed by atoms with Gasteiger partial charge in [-0.15, -0.1) is 0 Å². The minimum atomic E-state index is -2.25. The number of rotatable bonds is 9. The minimum Gasteiger partial charge on any atom is -0.516 e. The number of carbonyl (C=O) groups is 1. The summed E-state index contributed by atoms with van der Waals surface area (Å²) in [5, 5.41) is 1.05. The SMILES string of the molecule is C[SiH2]OC(O[SiH2]C)C(C)(C)c1c(Cl)ccc(C(=O)O[Si](C)(C)C(C)(C)C)c1CBr. The van der Waals surface area contributed by atoms with E-state index in [9.17, 15) is 4.79 Å². The van der Waals surface area contributed by atoms with Crippen LogP contribution >= 0.6 is 27.5 Å². The van der Waals surface area contributed by atoms with Crippen LogP contribution in [0.5, 0.6) is 0 Å². The Hall–Kier alpha value is 0.0306. The molecule has 0 atom stereocenters. The first-order valence-corrected chi connectivity index (χ1v) is 18.5. The Morgan fingerprint density at radius 1 is 1.14 bits per heavy atom. The summed E-state index contributed by atoms with van der Waals surface area (Å²) in [5.74, 6) is -0.284. The normalized spacial score (nSPS) is 14.9. The van der Waals surface area contributed by atoms with Crippen LogP contribution in [0.1, 0.15) is 56.1 Å². The van der Waals surface area contributed by atoms with Crippen molar-refractivity contribution in [2.75, 3.05) is 0 Å². The highest BCUT2D eigenvalue weighted by atomic mass is 79.9. The Bertz CT molecular complexity index is 714. The number of hydrogen-bond donors (Lipinski definition) is 0. The predicted octanol–water partition coefficient (Wildman–Crippen LogP) is 5.30. The van der Waals surface area contributed by atoms with Gasteiger partial charge in [0.25, 0.3) is 8.32 Å². The fraction of sp³-hybridized carbons (Fsp3) is 0.650. The van der Waals surface area contributed by atoms with E-state index >= 15 is 0 Å². The monoisotopic (exact) mass is 538 g/mol. The van der Waals surface area contributed by atoms with Gasteiger partial charge < -0.3 is 13.3 Å². The second-order valence-electron chi connectivity index (χ2n) is 9.20. The molecule has 0 radical (unpaired) electrons. The van der Waals surface area contributed by atoms with Gasteiger partial charge in [0.1, 0.15) is 6.29 Å². The molecule has 0 bridgehead atoms. The zero-order chi connectivity index (χ0) is 22.6. The lowest BCUT2D eigenvalue weighted by atomic mass is 9.80. The lowest BCUT2D eigenvalue weighted by Gasteiger charge is -2.38. The van der Waals surface area contributed by atoms with Gasteiger partial charge in [-0.1, -0.05) is 75.2 Å². The zero-order valence-corrected chi connectivity index (χ0v) is 25.4. The van der Waals surface area contributed by atoms with Gasteiger partial charge in [-0.3, -0.25) is 0 Å². The van der Waals surface area contributed by atoms with Gasteiger partial charge in [-0.2, -0.15) is 0 Å². The third-order valence-electron chi connectivity index (χ3n) is 5.64. The number of halogens is 2. The number of benzene rings is 1. The molecule has 0 aliphatic rings. The molecule has 166 valence electrons. The van der Waals surface area contributed by atoms with E-state index < -0.39 is 33.3 Å². The Balaban J connectivity index is 3.52. The van der Waals surface area contributed by atoms with Crippen molar-refractivity contribution in [1.29, 1.82) is 0 Å². The highest BCUT2D eigenvalue weighted by Crippen LogP contribution is 2.41. The molecule has 4 nitrogen and oxygen atoms in total. The van der Waals surface area contributed by atoms with E-state index in [4.69, 9.17) is 24.9 Å². The van der Waals surface area contributed by atoms with Crippen molar-refractivity contribution in [2.24, 2.45) is 0 Å². The molecule has 0 amide bonds. The Labute approximate surface area is 195 Å². The smallest absolute Gasteiger partial charge is 0.325 e. The first-order valence-electron chi connectivity index (χ1n) is 10.1. The highest BCUT2D eigenvalue weighted by Gasteiger charge is 2.42. The zero-order valence-electron chi connectivity index (χ0n) is 19.2. The van der Waals surface area contributed by atoms with Gasteiger partial charge in [-0.25, -0.2) is 4.79 Å². The molecule has 0 N–H and O–H groups in total. The second kappa shape index (κ2) is 10.6. The fourth-order valence-corrected chi connectivity index (χ4v) is 6.68. The first kappa shape index (κ1) is 27.1. The maximum absolute atomic E-state index is 13.2. The van der Waals surface area contributed by atoms with Crippen LogP contribution in [0.2, 0.25) is 36.2 Å². The van der Waals surface area contributed by atoms with Crippen LogP contribution in [-0.4, -0.2) is 40.1 Å². The number of alkyl halides is 1. The quantitative estimate of drug-likeness (QED) is 0.243. The van der Waals surface area contributed by atoms with Crippen LogP contribution in [0.15, 0.2) is 12.1 Å². The summed E-state index contributed by atoms with van der Waals surface area (Å²) in [6.45, 7) is 18.8. The van der Waals surface area contributed by atoms with Crippen LogP contribution in [-0.2, 0) is 24.0 Å². The maximum Gasteiger partial charge on any atom is 0.325 e. The van der Waals surface area contributed by atoms with Crippen molar-refractivity contribution in [3.8, 4) is 0 Å². The molecular weight excluding hydrogens is 504 g/mol. The molecule has 1 aromatic carbocycles. The summed E-state index contributed by atoms with van der Waals surface area (Å²) in [6, 6.07) is 3.56. The summed E-state index contributed by atoms with van der Waals surface area (Å²) >= 11 is 10.2. The van der Waals surface area contributed by atoms with Gasteiger partial charge >= 0.3 is 5.97 Å². The number of hydrogen-bond acceptors (Lipinski definition) is 4. The molecule has 0 unspecified atom stereocenters. The van der Waals surface area contributed by atoms with Crippen LogP contribution in [0.25, 0.3) is 0 Å². The average molecular weight is 540 g/mol. The molecule has 0 aliphatic carbocycles. The summed E-state index contributed by atoms with van der Waals surface area (Å²) in [6.07, 6.45) is -0.363. The lowest BCUT2D eigenvalue weighted by Crippen LogP contribution is -2.43. The molecule has 0 aliphatic heterocycles. The van der Waals surface area contributed by atoms with Gasteiger partial charge in [0.2, 0.25) is 0 Å². The largest absolute Gasteiger partial charge is 0.516 e. The molecule has 0 fully saturated rings. The third-order valence-corrected chi connectivity index (χ3v) is 12.1. The van der Waals surface area contributed by atoms with E-state index in [2.05, 4.69) is 76.7 Å². The summed E-state index contributed by atoms with van der Waals surface area (Å²) in [4.78, 5) is 13.2. The van der Waals surface area contributed by atoms with Crippen LogP contribution in [0, 0.1) is 0 Å². The lowest BCUT2D eigenvalue weighted by molar-refractivity contribution is -0.0435. The van der Waals surface area contributed by atoms with E-state index in [1.165, 1.54) is 0 Å². The van der Waals surface area contributed by atoms with Crippen molar-refractivity contribution < 1.29 is 18.1 Å². The summed E-state index contributed by atoms with van der Waals surface area (Å²) in [7, 11) is -3.60. The highest BCUT2D eigenvalue weighted by molar-refractivity contribution is 9.08. The molecule has 0 heterocycles. The van der Waals surface area contributed by atoms with Crippen molar-refractivity contribution in [2.45, 2.75) is 82.9 Å². The van der Waals surface area contributed by atoms with Crippen molar-refractivity contribution in [3.05, 3.63) is 33.8 Å². The van der Waals surface area contributed by atoms with E-state index in [0.29, 0.717) is 15.9 Å². The van der Waals surface area contributed by atoms with E-state index in [-0.39, 0.29) is 17.3 Å². The van der Waals surface area contributed by atoms with Crippen LogP contribution in [0.4, 0.5) is 0 Å². The molecule has 0 aromatic heterocycles. The third kappa shape index (κ3) is 6.27. The van der Waals surface area contributed by atoms with Gasteiger partial charge in [0.05, 0.1) is 5.56 Å². The van der Waals surface area contributed by atoms with E-state index in [1.54, 1.807) is 12.1 Å². The topological polar surface area (TPSA) is 44.8 Å². The first-order chi connectivity index (χ1) is 13.2. The van der Waals surface area contributed by atoms with Crippen LogP contribution in [0.3, 0.4) is 0 Å².